The lowest BCUT2D eigenvalue weighted by Crippen LogP contribution is -2.23. The molecule has 0 saturated heterocycles. The normalized spacial score (nSPS) is 11.9. The van der Waals surface area contributed by atoms with E-state index in [1.165, 1.54) is 13.0 Å². The van der Waals surface area contributed by atoms with Crippen molar-refractivity contribution in [3.8, 4) is 0 Å². The van der Waals surface area contributed by atoms with Crippen molar-refractivity contribution in [2.75, 3.05) is 5.73 Å². The molecule has 3 N–H and O–H groups in total. The van der Waals surface area contributed by atoms with Gasteiger partial charge in [0.1, 0.15) is 5.82 Å². The van der Waals surface area contributed by atoms with Gasteiger partial charge in [-0.3, -0.25) is 0 Å². The monoisotopic (exact) mass is 227 g/mol. The van der Waals surface area contributed by atoms with Gasteiger partial charge in [-0.2, -0.15) is 0 Å². The lowest BCUT2D eigenvalue weighted by Gasteiger charge is -2.08. The number of halogens is 1. The van der Waals surface area contributed by atoms with Gasteiger partial charge in [-0.05, 0) is 25.1 Å². The third-order valence-electron chi connectivity index (χ3n) is 1.86. The zero-order chi connectivity index (χ0) is 12.3. The third kappa shape index (κ3) is 2.69. The Morgan fingerprint density at radius 1 is 1.50 bits per heavy atom. The number of hydrogen-bond acceptors (Lipinski definition) is 4. The summed E-state index contributed by atoms with van der Waals surface area (Å²) >= 11 is 0. The molecule has 0 spiro atoms. The van der Waals surface area contributed by atoms with Gasteiger partial charge in [0.25, 0.3) is 0 Å². The summed E-state index contributed by atoms with van der Waals surface area (Å²) in [5.41, 5.74) is 5.06. The predicted molar refractivity (Wildman–Crippen MR) is 53.3 cm³/mol. The van der Waals surface area contributed by atoms with Gasteiger partial charge in [-0.25, -0.2) is 14.0 Å². The van der Waals surface area contributed by atoms with Crippen LogP contribution in [0, 0.1) is 5.82 Å². The van der Waals surface area contributed by atoms with Crippen molar-refractivity contribution in [1.29, 1.82) is 0 Å². The minimum Gasteiger partial charge on any atom is -0.479 e. The Labute approximate surface area is 90.6 Å². The molecule has 5 nitrogen and oxygen atoms in total. The average Bonchev–Trinajstić information content (AvgIpc) is 2.21. The van der Waals surface area contributed by atoms with Crippen LogP contribution in [0.1, 0.15) is 17.3 Å². The number of benzene rings is 1. The Bertz CT molecular complexity index is 433. The SMILES string of the molecule is CC(OC(=O)c1ccc(F)c(N)c1)C(=O)O. The van der Waals surface area contributed by atoms with Crippen molar-refractivity contribution in [3.63, 3.8) is 0 Å². The summed E-state index contributed by atoms with van der Waals surface area (Å²) in [6, 6.07) is 3.27. The molecule has 0 saturated carbocycles. The number of carbonyl (C=O) groups excluding carboxylic acids is 1. The molecule has 0 aliphatic heterocycles. The number of carboxylic acids is 1. The molecule has 16 heavy (non-hydrogen) atoms. The Morgan fingerprint density at radius 3 is 2.62 bits per heavy atom. The van der Waals surface area contributed by atoms with E-state index in [0.29, 0.717) is 0 Å². The number of nitrogens with two attached hydrogens (primary N) is 1. The fourth-order valence-corrected chi connectivity index (χ4v) is 0.950. The summed E-state index contributed by atoms with van der Waals surface area (Å²) in [5.74, 6) is -2.77. The highest BCUT2D eigenvalue weighted by atomic mass is 19.1. The summed E-state index contributed by atoms with van der Waals surface area (Å²) in [5, 5.41) is 8.51. The van der Waals surface area contributed by atoms with E-state index in [1.54, 1.807) is 0 Å². The number of anilines is 1. The summed E-state index contributed by atoms with van der Waals surface area (Å²) in [6.07, 6.45) is -1.27. The fourth-order valence-electron chi connectivity index (χ4n) is 0.950. The summed E-state index contributed by atoms with van der Waals surface area (Å²) in [7, 11) is 0. The van der Waals surface area contributed by atoms with E-state index in [-0.39, 0.29) is 11.3 Å². The molecule has 0 aromatic heterocycles. The van der Waals surface area contributed by atoms with Crippen LogP contribution < -0.4 is 5.73 Å². The van der Waals surface area contributed by atoms with E-state index in [1.807, 2.05) is 0 Å². The van der Waals surface area contributed by atoms with Crippen molar-refractivity contribution in [3.05, 3.63) is 29.6 Å². The van der Waals surface area contributed by atoms with Crippen molar-refractivity contribution in [1.82, 2.24) is 0 Å². The first-order valence-corrected chi connectivity index (χ1v) is 4.40. The lowest BCUT2D eigenvalue weighted by atomic mass is 10.2. The van der Waals surface area contributed by atoms with Crippen LogP contribution in [0.5, 0.6) is 0 Å². The second kappa shape index (κ2) is 4.61. The minimum atomic E-state index is -1.27. The molecule has 1 atom stereocenters. The number of rotatable bonds is 3. The van der Waals surface area contributed by atoms with Gasteiger partial charge in [0.15, 0.2) is 6.10 Å². The van der Waals surface area contributed by atoms with E-state index in [0.717, 1.165) is 12.1 Å². The number of nitrogen functional groups attached to an aromatic ring is 1. The second-order valence-electron chi connectivity index (χ2n) is 3.12. The first kappa shape index (κ1) is 12.0. The molecule has 0 amide bonds. The highest BCUT2D eigenvalue weighted by Crippen LogP contribution is 2.13. The topological polar surface area (TPSA) is 89.6 Å². The van der Waals surface area contributed by atoms with Crippen LogP contribution in [-0.2, 0) is 9.53 Å². The van der Waals surface area contributed by atoms with Gasteiger partial charge < -0.3 is 15.6 Å². The van der Waals surface area contributed by atoms with Gasteiger partial charge in [-0.1, -0.05) is 0 Å². The van der Waals surface area contributed by atoms with Crippen LogP contribution >= 0.6 is 0 Å². The first-order valence-electron chi connectivity index (χ1n) is 4.40. The van der Waals surface area contributed by atoms with E-state index >= 15 is 0 Å². The molecule has 1 aromatic rings. The fraction of sp³-hybridized carbons (Fsp3) is 0.200. The smallest absolute Gasteiger partial charge is 0.344 e. The molecular weight excluding hydrogens is 217 g/mol. The minimum absolute atomic E-state index is 0.00648. The molecule has 0 aliphatic carbocycles. The average molecular weight is 227 g/mol. The maximum atomic E-state index is 12.8. The molecule has 1 aromatic carbocycles. The van der Waals surface area contributed by atoms with E-state index in [9.17, 15) is 14.0 Å². The van der Waals surface area contributed by atoms with Gasteiger partial charge in [0.05, 0.1) is 11.3 Å². The lowest BCUT2D eigenvalue weighted by molar-refractivity contribution is -0.146. The number of aliphatic carboxylic acids is 1. The molecule has 0 bridgehead atoms. The number of carbonyl (C=O) groups is 2. The largest absolute Gasteiger partial charge is 0.479 e. The molecule has 86 valence electrons. The molecule has 1 rings (SSSR count). The van der Waals surface area contributed by atoms with Gasteiger partial charge in [0, 0.05) is 0 Å². The van der Waals surface area contributed by atoms with E-state index in [4.69, 9.17) is 10.8 Å². The van der Waals surface area contributed by atoms with E-state index in [2.05, 4.69) is 4.74 Å². The van der Waals surface area contributed by atoms with Gasteiger partial charge in [-0.15, -0.1) is 0 Å². The summed E-state index contributed by atoms with van der Waals surface area (Å²) in [6.45, 7) is 1.22. The van der Waals surface area contributed by atoms with Crippen LogP contribution in [0.25, 0.3) is 0 Å². The Balaban J connectivity index is 2.81. The van der Waals surface area contributed by atoms with Crippen molar-refractivity contribution < 1.29 is 23.8 Å². The molecular formula is C10H10FNO4. The number of esters is 1. The molecule has 6 heteroatoms. The van der Waals surface area contributed by atoms with Crippen LogP contribution in [0.2, 0.25) is 0 Å². The van der Waals surface area contributed by atoms with Crippen LogP contribution in [0.15, 0.2) is 18.2 Å². The van der Waals surface area contributed by atoms with Crippen molar-refractivity contribution in [2.45, 2.75) is 13.0 Å². The van der Waals surface area contributed by atoms with Crippen LogP contribution in [0.3, 0.4) is 0 Å². The molecule has 1 unspecified atom stereocenters. The quantitative estimate of drug-likeness (QED) is 0.594. The highest BCUT2D eigenvalue weighted by Gasteiger charge is 2.18. The standard InChI is InChI=1S/C10H10FNO4/c1-5(9(13)14)16-10(15)6-2-3-7(11)8(12)4-6/h2-5H,12H2,1H3,(H,13,14). The maximum absolute atomic E-state index is 12.8. The van der Waals surface area contributed by atoms with Crippen LogP contribution in [-0.4, -0.2) is 23.1 Å². The third-order valence-corrected chi connectivity index (χ3v) is 1.86. The zero-order valence-corrected chi connectivity index (χ0v) is 8.44. The molecule has 0 fully saturated rings. The van der Waals surface area contributed by atoms with Gasteiger partial charge in [0.2, 0.25) is 0 Å². The Hall–Kier alpha value is -2.11. The van der Waals surface area contributed by atoms with Crippen molar-refractivity contribution >= 4 is 17.6 Å². The first-order chi connectivity index (χ1) is 7.41. The molecule has 0 aliphatic rings. The van der Waals surface area contributed by atoms with E-state index < -0.39 is 23.9 Å². The molecule has 0 heterocycles. The van der Waals surface area contributed by atoms with Crippen LogP contribution in [0.4, 0.5) is 10.1 Å². The van der Waals surface area contributed by atoms with Crippen molar-refractivity contribution in [2.24, 2.45) is 0 Å². The predicted octanol–water partition coefficient (Wildman–Crippen LogP) is 1.04. The molecule has 0 radical (unpaired) electrons. The number of carboxylic acid groups (broad SMARTS) is 1. The van der Waals surface area contributed by atoms with Gasteiger partial charge >= 0.3 is 11.9 Å². The maximum Gasteiger partial charge on any atom is 0.344 e. The Kier molecular flexibility index (Phi) is 3.44. The highest BCUT2D eigenvalue weighted by molar-refractivity contribution is 5.92. The number of ether oxygens (including phenoxy) is 1. The second-order valence-corrected chi connectivity index (χ2v) is 3.12. The summed E-state index contributed by atoms with van der Waals surface area (Å²) in [4.78, 5) is 21.8. The summed E-state index contributed by atoms with van der Waals surface area (Å²) < 4.78 is 17.4. The Morgan fingerprint density at radius 2 is 2.12 bits per heavy atom. The zero-order valence-electron chi connectivity index (χ0n) is 8.44. The number of hydrogen-bond donors (Lipinski definition) is 2.